The molecule has 9 heteroatoms. The number of rotatable bonds is 10. The maximum atomic E-state index is 13.5. The number of carbonyl (C=O) groups excluding carboxylic acids is 1. The molecule has 0 aliphatic carbocycles. The first-order chi connectivity index (χ1) is 18.8. The summed E-state index contributed by atoms with van der Waals surface area (Å²) in [6, 6.07) is 19.5. The molecule has 1 amide bonds. The zero-order chi connectivity index (χ0) is 27.9. The summed E-state index contributed by atoms with van der Waals surface area (Å²) in [4.78, 5) is 28.8. The molecule has 0 bridgehead atoms. The van der Waals surface area contributed by atoms with Gasteiger partial charge in [0.25, 0.3) is 11.5 Å². The highest BCUT2D eigenvalue weighted by Crippen LogP contribution is 2.36. The molecule has 2 heterocycles. The third-order valence-electron chi connectivity index (χ3n) is 6.59. The quantitative estimate of drug-likeness (QED) is 0.218. The van der Waals surface area contributed by atoms with E-state index in [1.165, 1.54) is 22.2 Å². The van der Waals surface area contributed by atoms with Gasteiger partial charge >= 0.3 is 0 Å². The van der Waals surface area contributed by atoms with Crippen LogP contribution in [-0.4, -0.2) is 26.2 Å². The molecule has 2 aromatic carbocycles. The van der Waals surface area contributed by atoms with Gasteiger partial charge in [0.15, 0.2) is 0 Å². The normalized spacial score (nSPS) is 14.2. The van der Waals surface area contributed by atoms with E-state index >= 15 is 0 Å². The summed E-state index contributed by atoms with van der Waals surface area (Å²) in [5.74, 6) is 0.377. The molecule has 1 saturated heterocycles. The van der Waals surface area contributed by atoms with Crippen molar-refractivity contribution >= 4 is 57.7 Å². The lowest BCUT2D eigenvalue weighted by molar-refractivity contribution is -0.122. The fraction of sp³-hybridized carbons (Fsp3) is 0.267. The van der Waals surface area contributed by atoms with Gasteiger partial charge in [-0.05, 0) is 48.6 Å². The predicted octanol–water partition coefficient (Wildman–Crippen LogP) is 6.54. The average Bonchev–Trinajstić information content (AvgIpc) is 3.19. The Balaban J connectivity index is 1.74. The second kappa shape index (κ2) is 13.1. The standard InChI is InChI=1S/C30H29ClN4O2S2/c1-3-4-16-34-27(33-15-14-21-10-6-5-7-11-21)23(20(2)24(18-32)28(34)36)17-26-29(37)35(30(38)39-26)19-22-12-8-9-13-25(22)31/h5-13,17,33H,3-4,14-16,19H2,1-2H3/b26-17+. The lowest BCUT2D eigenvalue weighted by Crippen LogP contribution is -2.29. The molecule has 0 spiro atoms. The summed E-state index contributed by atoms with van der Waals surface area (Å²) in [5, 5.41) is 13.9. The maximum absolute atomic E-state index is 13.5. The zero-order valence-corrected chi connectivity index (χ0v) is 24.3. The minimum Gasteiger partial charge on any atom is -0.371 e. The maximum Gasteiger partial charge on any atom is 0.270 e. The van der Waals surface area contributed by atoms with Crippen LogP contribution in [0.25, 0.3) is 6.08 Å². The van der Waals surface area contributed by atoms with Crippen molar-refractivity contribution in [1.29, 1.82) is 5.26 Å². The molecule has 3 aromatic rings. The number of nitriles is 1. The molecular formula is C30H29ClN4O2S2. The number of nitrogens with zero attached hydrogens (tertiary/aromatic N) is 3. The number of pyridine rings is 1. The molecule has 200 valence electrons. The molecule has 4 rings (SSSR count). The van der Waals surface area contributed by atoms with Crippen LogP contribution in [0, 0.1) is 18.3 Å². The first kappa shape index (κ1) is 28.6. The van der Waals surface area contributed by atoms with Crippen molar-refractivity contribution in [2.75, 3.05) is 11.9 Å². The summed E-state index contributed by atoms with van der Waals surface area (Å²) in [6.07, 6.45) is 4.18. The van der Waals surface area contributed by atoms with Crippen molar-refractivity contribution in [1.82, 2.24) is 9.47 Å². The van der Waals surface area contributed by atoms with Crippen LogP contribution in [-0.2, 0) is 24.3 Å². The number of halogens is 1. The minimum atomic E-state index is -0.325. The van der Waals surface area contributed by atoms with E-state index in [1.807, 2.05) is 36.4 Å². The van der Waals surface area contributed by atoms with Crippen molar-refractivity contribution in [2.24, 2.45) is 0 Å². The third kappa shape index (κ3) is 6.44. The van der Waals surface area contributed by atoms with Gasteiger partial charge in [-0.25, -0.2) is 0 Å². The number of carbonyl (C=O) groups is 1. The van der Waals surface area contributed by atoms with E-state index in [0.29, 0.717) is 44.3 Å². The Labute approximate surface area is 243 Å². The van der Waals surface area contributed by atoms with Gasteiger partial charge in [-0.1, -0.05) is 97.5 Å². The molecular weight excluding hydrogens is 548 g/mol. The number of thiocarbonyl (C=S) groups is 1. The van der Waals surface area contributed by atoms with Gasteiger partial charge < -0.3 is 5.32 Å². The molecule has 6 nitrogen and oxygen atoms in total. The fourth-order valence-electron chi connectivity index (χ4n) is 4.42. The molecule has 1 fully saturated rings. The first-order valence-electron chi connectivity index (χ1n) is 12.8. The SMILES string of the molecule is CCCCn1c(NCCc2ccccc2)c(/C=C2/SC(=S)N(Cc3ccccc3Cl)C2=O)c(C)c(C#N)c1=O. The van der Waals surface area contributed by atoms with Crippen LogP contribution in [0.5, 0.6) is 0 Å². The summed E-state index contributed by atoms with van der Waals surface area (Å²) >= 11 is 13.1. The topological polar surface area (TPSA) is 78.1 Å². The van der Waals surface area contributed by atoms with Gasteiger partial charge in [-0.3, -0.25) is 19.1 Å². The van der Waals surface area contributed by atoms with Gasteiger partial charge in [-0.2, -0.15) is 5.26 Å². The molecule has 0 saturated carbocycles. The predicted molar refractivity (Wildman–Crippen MR) is 164 cm³/mol. The number of benzene rings is 2. The van der Waals surface area contributed by atoms with E-state index in [2.05, 4.69) is 30.4 Å². The highest BCUT2D eigenvalue weighted by atomic mass is 35.5. The summed E-state index contributed by atoms with van der Waals surface area (Å²) in [6.45, 7) is 5.12. The van der Waals surface area contributed by atoms with Crippen LogP contribution >= 0.6 is 35.6 Å². The van der Waals surface area contributed by atoms with Crippen molar-refractivity contribution < 1.29 is 4.79 Å². The summed E-state index contributed by atoms with van der Waals surface area (Å²) in [7, 11) is 0. The lowest BCUT2D eigenvalue weighted by Gasteiger charge is -2.20. The second-order valence-electron chi connectivity index (χ2n) is 9.21. The van der Waals surface area contributed by atoms with Gasteiger partial charge in [0, 0.05) is 23.7 Å². The lowest BCUT2D eigenvalue weighted by atomic mass is 10.0. The van der Waals surface area contributed by atoms with Gasteiger partial charge in [-0.15, -0.1) is 0 Å². The number of hydrogen-bond donors (Lipinski definition) is 1. The Bertz CT molecular complexity index is 1530. The van der Waals surface area contributed by atoms with Gasteiger partial charge in [0.2, 0.25) is 0 Å². The molecule has 0 radical (unpaired) electrons. The van der Waals surface area contributed by atoms with Gasteiger partial charge in [0.05, 0.1) is 11.4 Å². The average molecular weight is 577 g/mol. The Morgan fingerprint density at radius 3 is 2.54 bits per heavy atom. The number of aromatic nitrogens is 1. The zero-order valence-electron chi connectivity index (χ0n) is 21.9. The first-order valence-corrected chi connectivity index (χ1v) is 14.4. The number of hydrogen-bond acceptors (Lipinski definition) is 6. The van der Waals surface area contributed by atoms with Crippen LogP contribution in [0.15, 0.2) is 64.3 Å². The number of amides is 1. The fourth-order valence-corrected chi connectivity index (χ4v) is 5.85. The molecule has 1 N–H and O–H groups in total. The molecule has 39 heavy (non-hydrogen) atoms. The number of unbranched alkanes of at least 4 members (excludes halogenated alkanes) is 1. The van der Waals surface area contributed by atoms with Crippen molar-refractivity contribution in [3.63, 3.8) is 0 Å². The van der Waals surface area contributed by atoms with Crippen LogP contribution in [0.2, 0.25) is 5.02 Å². The van der Waals surface area contributed by atoms with E-state index in [4.69, 9.17) is 23.8 Å². The van der Waals surface area contributed by atoms with E-state index < -0.39 is 0 Å². The summed E-state index contributed by atoms with van der Waals surface area (Å²) in [5.41, 5.74) is 2.91. The van der Waals surface area contributed by atoms with E-state index in [0.717, 1.165) is 24.8 Å². The minimum absolute atomic E-state index is 0.0810. The van der Waals surface area contributed by atoms with E-state index in [1.54, 1.807) is 23.6 Å². The Hall–Kier alpha value is -3.38. The number of thioether (sulfide) groups is 1. The molecule has 0 atom stereocenters. The van der Waals surface area contributed by atoms with Crippen LogP contribution in [0.4, 0.5) is 5.82 Å². The highest BCUT2D eigenvalue weighted by Gasteiger charge is 2.33. The Morgan fingerprint density at radius 2 is 1.85 bits per heavy atom. The Kier molecular flexibility index (Phi) is 9.63. The van der Waals surface area contributed by atoms with Gasteiger partial charge in [0.1, 0.15) is 21.8 Å². The molecule has 1 aliphatic rings. The van der Waals surface area contributed by atoms with E-state index in [-0.39, 0.29) is 23.6 Å². The van der Waals surface area contributed by atoms with Crippen LogP contribution in [0.1, 0.15) is 47.6 Å². The second-order valence-corrected chi connectivity index (χ2v) is 11.3. The van der Waals surface area contributed by atoms with Crippen LogP contribution < -0.4 is 10.9 Å². The largest absolute Gasteiger partial charge is 0.371 e. The smallest absolute Gasteiger partial charge is 0.270 e. The monoisotopic (exact) mass is 576 g/mol. The van der Waals surface area contributed by atoms with Crippen molar-refractivity contribution in [3.05, 3.63) is 103 Å². The number of anilines is 1. The molecule has 1 aliphatic heterocycles. The molecule has 0 unspecified atom stereocenters. The number of nitrogens with one attached hydrogen (secondary N) is 1. The third-order valence-corrected chi connectivity index (χ3v) is 8.34. The summed E-state index contributed by atoms with van der Waals surface area (Å²) < 4.78 is 2.07. The Morgan fingerprint density at radius 1 is 1.13 bits per heavy atom. The van der Waals surface area contributed by atoms with Crippen molar-refractivity contribution in [2.45, 2.75) is 46.2 Å². The molecule has 1 aromatic heterocycles. The van der Waals surface area contributed by atoms with Crippen molar-refractivity contribution in [3.8, 4) is 6.07 Å². The van der Waals surface area contributed by atoms with Crippen LogP contribution in [0.3, 0.4) is 0 Å². The highest BCUT2D eigenvalue weighted by molar-refractivity contribution is 8.26. The van der Waals surface area contributed by atoms with E-state index in [9.17, 15) is 14.9 Å².